The van der Waals surface area contributed by atoms with Gasteiger partial charge in [0.2, 0.25) is 0 Å². The number of imidazole rings is 1. The van der Waals surface area contributed by atoms with E-state index in [2.05, 4.69) is 20.7 Å². The summed E-state index contributed by atoms with van der Waals surface area (Å²) in [5.74, 6) is -0.110. The maximum absolute atomic E-state index is 12.5. The van der Waals surface area contributed by atoms with Gasteiger partial charge in [0, 0.05) is 50.1 Å². The Morgan fingerprint density at radius 3 is 2.59 bits per heavy atom. The van der Waals surface area contributed by atoms with Gasteiger partial charge in [-0.15, -0.1) is 0 Å². The Morgan fingerprint density at radius 1 is 1.25 bits per heavy atom. The molecule has 4 aromatic rings. The Balaban J connectivity index is 0.000000913. The summed E-state index contributed by atoms with van der Waals surface area (Å²) in [5.41, 5.74) is 5.41. The third-order valence-corrected chi connectivity index (χ3v) is 4.98. The van der Waals surface area contributed by atoms with Crippen molar-refractivity contribution in [1.82, 2.24) is 24.5 Å². The number of carboxylic acid groups (broad SMARTS) is 1. The molecule has 0 spiro atoms. The van der Waals surface area contributed by atoms with Crippen LogP contribution in [0.1, 0.15) is 15.9 Å². The zero-order chi connectivity index (χ0) is 23.1. The molecule has 10 heteroatoms. The van der Waals surface area contributed by atoms with Crippen molar-refractivity contribution in [2.75, 3.05) is 18.9 Å². The van der Waals surface area contributed by atoms with Crippen molar-refractivity contribution in [3.63, 3.8) is 0 Å². The molecule has 10 nitrogen and oxygen atoms in total. The Morgan fingerprint density at radius 2 is 1.97 bits per heavy atom. The molecule has 0 saturated heterocycles. The van der Waals surface area contributed by atoms with E-state index < -0.39 is 6.47 Å². The van der Waals surface area contributed by atoms with Gasteiger partial charge in [-0.3, -0.25) is 13.9 Å². The highest BCUT2D eigenvalue weighted by molar-refractivity contribution is 5.95. The van der Waals surface area contributed by atoms with Gasteiger partial charge in [0.05, 0.1) is 30.3 Å². The lowest BCUT2D eigenvalue weighted by atomic mass is 10.2. The van der Waals surface area contributed by atoms with Crippen LogP contribution in [0.25, 0.3) is 17.0 Å². The van der Waals surface area contributed by atoms with Gasteiger partial charge in [-0.1, -0.05) is 0 Å². The lowest BCUT2D eigenvalue weighted by Crippen LogP contribution is -2.40. The molecular formula is C22H25N7O3. The topological polar surface area (TPSA) is 120 Å². The molecule has 0 saturated carbocycles. The first kappa shape index (κ1) is 22.5. The fourth-order valence-electron chi connectivity index (χ4n) is 3.39. The summed E-state index contributed by atoms with van der Waals surface area (Å²) in [6.45, 7) is 2.76. The Hall–Kier alpha value is -4.21. The van der Waals surface area contributed by atoms with Crippen LogP contribution in [0.5, 0.6) is 0 Å². The number of rotatable bonds is 6. The molecule has 32 heavy (non-hydrogen) atoms. The van der Waals surface area contributed by atoms with Crippen LogP contribution in [0.2, 0.25) is 0 Å². The summed E-state index contributed by atoms with van der Waals surface area (Å²) in [4.78, 5) is 25.3. The largest absolute Gasteiger partial charge is 0.554 e. The van der Waals surface area contributed by atoms with Gasteiger partial charge in [-0.2, -0.15) is 5.10 Å². The second kappa shape index (κ2) is 10.2. The highest BCUT2D eigenvalue weighted by Crippen LogP contribution is 2.23. The number of fused-ring (bicyclic) bond motifs is 1. The first-order valence-electron chi connectivity index (χ1n) is 9.95. The third kappa shape index (κ3) is 4.91. The highest BCUT2D eigenvalue weighted by Gasteiger charge is 2.14. The molecule has 0 fully saturated rings. The maximum Gasteiger partial charge on any atom is 0.251 e. The molecule has 0 aliphatic rings. The van der Waals surface area contributed by atoms with Crippen molar-refractivity contribution in [3.8, 4) is 11.4 Å². The molecule has 166 valence electrons. The van der Waals surface area contributed by atoms with E-state index in [0.29, 0.717) is 18.7 Å². The average Bonchev–Trinajstić information content (AvgIpc) is 3.36. The number of carbonyl (C=O) groups is 2. The van der Waals surface area contributed by atoms with Crippen molar-refractivity contribution in [3.05, 3.63) is 66.4 Å². The SMILES string of the molecule is CNc1cc[n+](CCNC(=O)c2ccn3c(-c4c(C)cnn4C)cnc3c2)cc1.O=C[O-]. The van der Waals surface area contributed by atoms with Crippen molar-refractivity contribution < 1.29 is 19.3 Å². The van der Waals surface area contributed by atoms with Crippen LogP contribution in [0, 0.1) is 6.92 Å². The van der Waals surface area contributed by atoms with Crippen LogP contribution in [0.15, 0.2) is 55.2 Å². The predicted octanol–water partition coefficient (Wildman–Crippen LogP) is 0.169. The van der Waals surface area contributed by atoms with Crippen LogP contribution in [-0.4, -0.2) is 45.1 Å². The van der Waals surface area contributed by atoms with Gasteiger partial charge in [0.1, 0.15) is 5.65 Å². The summed E-state index contributed by atoms with van der Waals surface area (Å²) < 4.78 is 5.83. The number of hydrogen-bond donors (Lipinski definition) is 2. The quantitative estimate of drug-likeness (QED) is 0.329. The first-order chi connectivity index (χ1) is 15.5. The van der Waals surface area contributed by atoms with E-state index >= 15 is 0 Å². The van der Waals surface area contributed by atoms with Crippen LogP contribution in [0.3, 0.4) is 0 Å². The zero-order valence-electron chi connectivity index (χ0n) is 18.1. The third-order valence-electron chi connectivity index (χ3n) is 4.98. The minimum Gasteiger partial charge on any atom is -0.554 e. The number of pyridine rings is 2. The standard InChI is InChI=1S/C21H23N7O.CH2O2/c1-15-13-25-26(3)20(15)18-14-24-19-12-16(4-10-28(18)19)21(29)23-7-11-27-8-5-17(22-2)6-9-27;2-1-3/h4-6,8-10,12-14H,7,11H2,1-3H3,(H,23,29);1H,(H,2,3). The summed E-state index contributed by atoms with van der Waals surface area (Å²) in [6.07, 6.45) is 9.49. The van der Waals surface area contributed by atoms with E-state index in [1.54, 1.807) is 6.07 Å². The van der Waals surface area contributed by atoms with Crippen molar-refractivity contribution in [1.29, 1.82) is 0 Å². The minimum atomic E-state index is -0.500. The Kier molecular flexibility index (Phi) is 7.17. The van der Waals surface area contributed by atoms with Gasteiger partial charge < -0.3 is 20.5 Å². The number of carbonyl (C=O) groups excluding carboxylic acids is 2. The fraction of sp³-hybridized carbons (Fsp3) is 0.227. The van der Waals surface area contributed by atoms with Crippen LogP contribution in [0.4, 0.5) is 5.69 Å². The molecule has 4 rings (SSSR count). The van der Waals surface area contributed by atoms with E-state index in [1.807, 2.05) is 83.9 Å². The number of nitrogens with zero attached hydrogens (tertiary/aromatic N) is 5. The van der Waals surface area contributed by atoms with Crippen LogP contribution >= 0.6 is 0 Å². The lowest BCUT2D eigenvalue weighted by Gasteiger charge is -2.07. The average molecular weight is 435 g/mol. The van der Waals surface area contributed by atoms with Crippen LogP contribution < -0.4 is 20.3 Å². The Bertz CT molecular complexity index is 1190. The number of amides is 1. The van der Waals surface area contributed by atoms with Crippen molar-refractivity contribution in [2.24, 2.45) is 7.05 Å². The van der Waals surface area contributed by atoms with E-state index in [4.69, 9.17) is 9.90 Å². The number of aromatic nitrogens is 5. The van der Waals surface area contributed by atoms with Gasteiger partial charge in [0.25, 0.3) is 5.91 Å². The summed E-state index contributed by atoms with van der Waals surface area (Å²) >= 11 is 0. The molecule has 0 unspecified atom stereocenters. The highest BCUT2D eigenvalue weighted by atomic mass is 16.3. The number of nitrogens with one attached hydrogen (secondary N) is 2. The molecule has 0 radical (unpaired) electrons. The number of hydrogen-bond acceptors (Lipinski definition) is 6. The van der Waals surface area contributed by atoms with Gasteiger partial charge in [-0.05, 0) is 24.6 Å². The molecule has 1 amide bonds. The van der Waals surface area contributed by atoms with E-state index in [1.165, 1.54) is 0 Å². The summed E-state index contributed by atoms with van der Waals surface area (Å²) in [6, 6.07) is 7.61. The monoisotopic (exact) mass is 435 g/mol. The van der Waals surface area contributed by atoms with E-state index in [-0.39, 0.29) is 5.91 Å². The molecule has 0 atom stereocenters. The van der Waals surface area contributed by atoms with Gasteiger partial charge in [-0.25, -0.2) is 9.55 Å². The molecular weight excluding hydrogens is 410 g/mol. The van der Waals surface area contributed by atoms with Crippen LogP contribution in [-0.2, 0) is 18.4 Å². The van der Waals surface area contributed by atoms with Crippen molar-refractivity contribution >= 4 is 23.7 Å². The smallest absolute Gasteiger partial charge is 0.251 e. The number of aryl methyl sites for hydroxylation is 2. The van der Waals surface area contributed by atoms with Crippen molar-refractivity contribution in [2.45, 2.75) is 13.5 Å². The molecule has 2 N–H and O–H groups in total. The second-order valence-corrected chi connectivity index (χ2v) is 7.01. The minimum absolute atomic E-state index is 0.110. The molecule has 4 heterocycles. The van der Waals surface area contributed by atoms with E-state index in [0.717, 1.165) is 28.3 Å². The van der Waals surface area contributed by atoms with Gasteiger partial charge in [0.15, 0.2) is 18.9 Å². The predicted molar refractivity (Wildman–Crippen MR) is 117 cm³/mol. The molecule has 4 aromatic heterocycles. The van der Waals surface area contributed by atoms with E-state index in [9.17, 15) is 4.79 Å². The Labute approximate surface area is 185 Å². The molecule has 0 aromatic carbocycles. The van der Waals surface area contributed by atoms with Gasteiger partial charge >= 0.3 is 0 Å². The first-order valence-corrected chi connectivity index (χ1v) is 9.95. The number of anilines is 1. The fourth-order valence-corrected chi connectivity index (χ4v) is 3.39. The molecule has 0 bridgehead atoms. The normalized spacial score (nSPS) is 10.3. The molecule has 0 aliphatic carbocycles. The second-order valence-electron chi connectivity index (χ2n) is 7.01. The maximum atomic E-state index is 12.5. The summed E-state index contributed by atoms with van der Waals surface area (Å²) in [7, 11) is 3.80. The lowest BCUT2D eigenvalue weighted by molar-refractivity contribution is -0.694. The zero-order valence-corrected chi connectivity index (χ0v) is 18.1. The summed E-state index contributed by atoms with van der Waals surface area (Å²) in [5, 5.41) is 18.6. The molecule has 0 aliphatic heterocycles.